The molecule has 0 saturated carbocycles. The first-order valence-electron chi connectivity index (χ1n) is 7.96. The fraction of sp³-hybridized carbons (Fsp3) is 0.190. The molecule has 0 fully saturated rings. The van der Waals surface area contributed by atoms with E-state index < -0.39 is 0 Å². The second kappa shape index (κ2) is 9.42. The number of esters is 1. The Labute approximate surface area is 138 Å². The van der Waals surface area contributed by atoms with Crippen LogP contribution in [0.3, 0.4) is 0 Å². The summed E-state index contributed by atoms with van der Waals surface area (Å²) >= 11 is 0. The molecule has 23 heavy (non-hydrogen) atoms. The smallest absolute Gasteiger partial charge is 0.338 e. The zero-order valence-corrected chi connectivity index (χ0v) is 13.4. The summed E-state index contributed by atoms with van der Waals surface area (Å²) < 4.78 is 5.35. The number of ether oxygens (including phenoxy) is 1. The average molecular weight is 306 g/mol. The minimum Gasteiger partial charge on any atom is -0.462 e. The van der Waals surface area contributed by atoms with Crippen molar-refractivity contribution < 1.29 is 9.53 Å². The standard InChI is InChI=1S/C21H22O2/c1-2-3-16-23-21(22)20(17-19-12-8-5-9-13-19)15-14-18-10-6-4-7-11-18/h4-15,17H,2-3,16H2,1H3/b15-14+,20-17-. The van der Waals surface area contributed by atoms with Gasteiger partial charge in [0.2, 0.25) is 0 Å². The molecule has 0 spiro atoms. The van der Waals surface area contributed by atoms with Crippen LogP contribution < -0.4 is 0 Å². The quantitative estimate of drug-likeness (QED) is 0.307. The van der Waals surface area contributed by atoms with Gasteiger partial charge in [0.05, 0.1) is 12.2 Å². The molecule has 0 aliphatic heterocycles. The van der Waals surface area contributed by atoms with Gasteiger partial charge in [-0.25, -0.2) is 4.79 Å². The molecule has 0 aliphatic carbocycles. The van der Waals surface area contributed by atoms with E-state index in [1.165, 1.54) is 0 Å². The lowest BCUT2D eigenvalue weighted by atomic mass is 10.1. The Morgan fingerprint density at radius 3 is 2.17 bits per heavy atom. The van der Waals surface area contributed by atoms with Crippen LogP contribution in [0.4, 0.5) is 0 Å². The largest absolute Gasteiger partial charge is 0.462 e. The van der Waals surface area contributed by atoms with Gasteiger partial charge in [-0.15, -0.1) is 0 Å². The maximum Gasteiger partial charge on any atom is 0.338 e. The van der Waals surface area contributed by atoms with E-state index in [9.17, 15) is 4.79 Å². The molecule has 2 heteroatoms. The maximum absolute atomic E-state index is 12.3. The molecule has 2 aromatic rings. The summed E-state index contributed by atoms with van der Waals surface area (Å²) in [6.07, 6.45) is 7.48. The van der Waals surface area contributed by atoms with Gasteiger partial charge < -0.3 is 4.74 Å². The highest BCUT2D eigenvalue weighted by Gasteiger charge is 2.08. The van der Waals surface area contributed by atoms with E-state index in [0.29, 0.717) is 12.2 Å². The Kier molecular flexibility index (Phi) is 6.86. The predicted octanol–water partition coefficient (Wildman–Crippen LogP) is 5.13. The highest BCUT2D eigenvalue weighted by Crippen LogP contribution is 2.12. The van der Waals surface area contributed by atoms with Crippen molar-refractivity contribution in [1.29, 1.82) is 0 Å². The number of hydrogen-bond donors (Lipinski definition) is 0. The van der Waals surface area contributed by atoms with Gasteiger partial charge >= 0.3 is 5.97 Å². The van der Waals surface area contributed by atoms with E-state index in [-0.39, 0.29) is 5.97 Å². The molecule has 0 heterocycles. The molecule has 0 N–H and O–H groups in total. The zero-order chi connectivity index (χ0) is 16.3. The van der Waals surface area contributed by atoms with E-state index in [0.717, 1.165) is 24.0 Å². The second-order valence-corrected chi connectivity index (χ2v) is 5.24. The number of carbonyl (C=O) groups is 1. The van der Waals surface area contributed by atoms with Crippen LogP contribution in [0.5, 0.6) is 0 Å². The van der Waals surface area contributed by atoms with Crippen molar-refractivity contribution in [3.63, 3.8) is 0 Å². The van der Waals surface area contributed by atoms with Crippen molar-refractivity contribution in [3.05, 3.63) is 83.4 Å². The third kappa shape index (κ3) is 5.95. The second-order valence-electron chi connectivity index (χ2n) is 5.24. The van der Waals surface area contributed by atoms with Crippen LogP contribution in [-0.4, -0.2) is 12.6 Å². The molecule has 118 valence electrons. The van der Waals surface area contributed by atoms with E-state index in [2.05, 4.69) is 6.92 Å². The van der Waals surface area contributed by atoms with Crippen molar-refractivity contribution in [3.8, 4) is 0 Å². The molecule has 0 atom stereocenters. The third-order valence-corrected chi connectivity index (χ3v) is 3.34. The van der Waals surface area contributed by atoms with Gasteiger partial charge in [0, 0.05) is 0 Å². The van der Waals surface area contributed by atoms with Crippen molar-refractivity contribution in [1.82, 2.24) is 0 Å². The third-order valence-electron chi connectivity index (χ3n) is 3.34. The monoisotopic (exact) mass is 306 g/mol. The van der Waals surface area contributed by atoms with E-state index in [4.69, 9.17) is 4.74 Å². The van der Waals surface area contributed by atoms with Crippen molar-refractivity contribution in [2.75, 3.05) is 6.61 Å². The van der Waals surface area contributed by atoms with Crippen molar-refractivity contribution in [2.24, 2.45) is 0 Å². The van der Waals surface area contributed by atoms with Crippen LogP contribution in [-0.2, 0) is 9.53 Å². The van der Waals surface area contributed by atoms with Gasteiger partial charge in [0.15, 0.2) is 0 Å². The Bertz CT molecular complexity index is 655. The van der Waals surface area contributed by atoms with Gasteiger partial charge in [-0.05, 0) is 29.7 Å². The van der Waals surface area contributed by atoms with Crippen LogP contribution in [0, 0.1) is 0 Å². The normalized spacial score (nSPS) is 11.6. The molecule has 0 radical (unpaired) electrons. The topological polar surface area (TPSA) is 26.3 Å². The molecule has 2 rings (SSSR count). The van der Waals surface area contributed by atoms with Gasteiger partial charge in [-0.2, -0.15) is 0 Å². The summed E-state index contributed by atoms with van der Waals surface area (Å²) in [5.74, 6) is -0.283. The minimum atomic E-state index is -0.283. The molecule has 0 bridgehead atoms. The molecule has 0 unspecified atom stereocenters. The average Bonchev–Trinajstić information content (AvgIpc) is 2.60. The molecule has 2 aromatic carbocycles. The van der Waals surface area contributed by atoms with Gasteiger partial charge in [-0.3, -0.25) is 0 Å². The predicted molar refractivity (Wildman–Crippen MR) is 95.8 cm³/mol. The van der Waals surface area contributed by atoms with Crippen LogP contribution in [0.15, 0.2) is 72.3 Å². The summed E-state index contributed by atoms with van der Waals surface area (Å²) in [5.41, 5.74) is 2.58. The first-order valence-corrected chi connectivity index (χ1v) is 7.96. The first-order chi connectivity index (χ1) is 11.3. The fourth-order valence-electron chi connectivity index (χ4n) is 2.05. The lowest BCUT2D eigenvalue weighted by Crippen LogP contribution is -2.07. The molecule has 0 aromatic heterocycles. The highest BCUT2D eigenvalue weighted by molar-refractivity contribution is 5.97. The van der Waals surface area contributed by atoms with Gasteiger partial charge in [0.1, 0.15) is 0 Å². The Morgan fingerprint density at radius 2 is 1.57 bits per heavy atom. The lowest BCUT2D eigenvalue weighted by Gasteiger charge is -2.05. The summed E-state index contributed by atoms with van der Waals surface area (Å²) in [4.78, 5) is 12.3. The SMILES string of the molecule is CCCCOC(=O)C(=C\c1ccccc1)/C=C/c1ccccc1. The maximum atomic E-state index is 12.3. The molecule has 0 amide bonds. The summed E-state index contributed by atoms with van der Waals surface area (Å²) in [6, 6.07) is 19.7. The number of carbonyl (C=O) groups excluding carboxylic acids is 1. The number of rotatable bonds is 7. The van der Waals surface area contributed by atoms with E-state index in [1.54, 1.807) is 0 Å². The zero-order valence-electron chi connectivity index (χ0n) is 13.4. The van der Waals surface area contributed by atoms with Crippen LogP contribution >= 0.6 is 0 Å². The summed E-state index contributed by atoms with van der Waals surface area (Å²) in [5, 5.41) is 0. The fourth-order valence-corrected chi connectivity index (χ4v) is 2.05. The lowest BCUT2D eigenvalue weighted by molar-refractivity contribution is -0.138. The number of hydrogen-bond acceptors (Lipinski definition) is 2. The molecule has 0 saturated heterocycles. The van der Waals surface area contributed by atoms with Gasteiger partial charge in [0.25, 0.3) is 0 Å². The van der Waals surface area contributed by atoms with E-state index in [1.807, 2.05) is 78.9 Å². The number of benzene rings is 2. The van der Waals surface area contributed by atoms with Crippen LogP contribution in [0.25, 0.3) is 12.2 Å². The molecular formula is C21H22O2. The molecular weight excluding hydrogens is 284 g/mol. The first kappa shape index (κ1) is 16.8. The Morgan fingerprint density at radius 1 is 0.957 bits per heavy atom. The Balaban J connectivity index is 2.19. The van der Waals surface area contributed by atoms with Crippen LogP contribution in [0.1, 0.15) is 30.9 Å². The minimum absolute atomic E-state index is 0.283. The summed E-state index contributed by atoms with van der Waals surface area (Å²) in [6.45, 7) is 2.53. The molecule has 2 nitrogen and oxygen atoms in total. The summed E-state index contributed by atoms with van der Waals surface area (Å²) in [7, 11) is 0. The van der Waals surface area contributed by atoms with E-state index >= 15 is 0 Å². The number of unbranched alkanes of at least 4 members (excludes halogenated alkanes) is 1. The van der Waals surface area contributed by atoms with Crippen molar-refractivity contribution >= 4 is 18.1 Å². The van der Waals surface area contributed by atoms with Crippen LogP contribution in [0.2, 0.25) is 0 Å². The van der Waals surface area contributed by atoms with Gasteiger partial charge in [-0.1, -0.05) is 80.1 Å². The molecule has 0 aliphatic rings. The van der Waals surface area contributed by atoms with Crippen molar-refractivity contribution in [2.45, 2.75) is 19.8 Å². The highest BCUT2D eigenvalue weighted by atomic mass is 16.5. The Hall–Kier alpha value is -2.61.